The summed E-state index contributed by atoms with van der Waals surface area (Å²) in [6.45, 7) is 1.42. The van der Waals surface area contributed by atoms with Gasteiger partial charge in [-0.2, -0.15) is 5.10 Å². The molecule has 1 aliphatic carbocycles. The van der Waals surface area contributed by atoms with E-state index in [2.05, 4.69) is 15.1 Å². The lowest BCUT2D eigenvalue weighted by Crippen LogP contribution is -2.41. The van der Waals surface area contributed by atoms with Crippen molar-refractivity contribution in [1.29, 1.82) is 0 Å². The van der Waals surface area contributed by atoms with Gasteiger partial charge in [0.25, 0.3) is 11.8 Å². The molecule has 6 rings (SSSR count). The third kappa shape index (κ3) is 2.77. The zero-order valence-electron chi connectivity index (χ0n) is 17.6. The summed E-state index contributed by atoms with van der Waals surface area (Å²) in [5.74, 6) is -0.201. The molecule has 0 unspecified atom stereocenters. The van der Waals surface area contributed by atoms with E-state index in [1.807, 2.05) is 35.0 Å². The number of hydrogen-bond acceptors (Lipinski definition) is 5. The van der Waals surface area contributed by atoms with Crippen LogP contribution in [-0.4, -0.2) is 55.0 Å². The third-order valence-electron chi connectivity index (χ3n) is 6.73. The topological polar surface area (TPSA) is 100 Å². The number of nitrogens with one attached hydrogen (secondary N) is 1. The SMILES string of the molecule is CN(C(=O)c1cnn2c1CN(C(=O)c1cc3ccccc3[nH]1)CC2)C1(c2cocn2)CC1. The highest BCUT2D eigenvalue weighted by atomic mass is 16.3. The predicted octanol–water partition coefficient (Wildman–Crippen LogP) is 2.77. The van der Waals surface area contributed by atoms with Crippen LogP contribution in [-0.2, 0) is 18.6 Å². The van der Waals surface area contributed by atoms with Gasteiger partial charge in [0.05, 0.1) is 36.1 Å². The molecule has 9 nitrogen and oxygen atoms in total. The number of nitrogens with zero attached hydrogens (tertiary/aromatic N) is 5. The summed E-state index contributed by atoms with van der Waals surface area (Å²) in [5.41, 5.74) is 3.10. The largest absolute Gasteiger partial charge is 0.451 e. The van der Waals surface area contributed by atoms with E-state index in [1.54, 1.807) is 29.3 Å². The Morgan fingerprint density at radius 3 is 2.81 bits per heavy atom. The number of oxazole rings is 1. The maximum absolute atomic E-state index is 13.4. The second-order valence-electron chi connectivity index (χ2n) is 8.49. The molecule has 32 heavy (non-hydrogen) atoms. The van der Waals surface area contributed by atoms with Crippen molar-refractivity contribution in [2.24, 2.45) is 0 Å². The van der Waals surface area contributed by atoms with E-state index in [0.717, 1.165) is 35.1 Å². The lowest BCUT2D eigenvalue weighted by Gasteiger charge is -2.30. The summed E-state index contributed by atoms with van der Waals surface area (Å²) in [5, 5.41) is 5.41. The van der Waals surface area contributed by atoms with Crippen LogP contribution >= 0.6 is 0 Å². The summed E-state index contributed by atoms with van der Waals surface area (Å²) < 4.78 is 6.97. The molecule has 3 aromatic heterocycles. The van der Waals surface area contributed by atoms with Crippen molar-refractivity contribution in [2.75, 3.05) is 13.6 Å². The molecule has 162 valence electrons. The Labute approximate surface area is 183 Å². The number of carbonyl (C=O) groups is 2. The molecule has 1 fully saturated rings. The molecule has 4 heterocycles. The Bertz CT molecular complexity index is 1300. The number of para-hydroxylation sites is 1. The Morgan fingerprint density at radius 2 is 2.06 bits per heavy atom. The van der Waals surface area contributed by atoms with Crippen LogP contribution in [0.3, 0.4) is 0 Å². The molecule has 1 saturated carbocycles. The molecule has 4 aromatic rings. The number of hydrogen-bond donors (Lipinski definition) is 1. The van der Waals surface area contributed by atoms with Crippen LogP contribution in [0.15, 0.2) is 53.6 Å². The Hall–Kier alpha value is -3.88. The van der Waals surface area contributed by atoms with Crippen molar-refractivity contribution in [3.05, 3.63) is 71.8 Å². The summed E-state index contributed by atoms with van der Waals surface area (Å²) >= 11 is 0. The second-order valence-corrected chi connectivity index (χ2v) is 8.49. The molecule has 0 radical (unpaired) electrons. The minimum atomic E-state index is -0.423. The van der Waals surface area contributed by atoms with Crippen LogP contribution < -0.4 is 0 Å². The molecule has 2 aliphatic rings. The molecule has 1 aromatic carbocycles. The smallest absolute Gasteiger partial charge is 0.270 e. The zero-order valence-corrected chi connectivity index (χ0v) is 17.6. The fourth-order valence-electron chi connectivity index (χ4n) is 4.66. The van der Waals surface area contributed by atoms with Crippen LogP contribution in [0.2, 0.25) is 0 Å². The summed E-state index contributed by atoms with van der Waals surface area (Å²) in [4.78, 5) is 37.6. The van der Waals surface area contributed by atoms with E-state index in [1.165, 1.54) is 6.39 Å². The fourth-order valence-corrected chi connectivity index (χ4v) is 4.66. The lowest BCUT2D eigenvalue weighted by molar-refractivity contribution is 0.0668. The van der Waals surface area contributed by atoms with Gasteiger partial charge in [-0.15, -0.1) is 0 Å². The van der Waals surface area contributed by atoms with E-state index in [9.17, 15) is 9.59 Å². The first kappa shape index (κ1) is 18.9. The molecule has 0 atom stereocenters. The van der Waals surface area contributed by atoms with Crippen molar-refractivity contribution in [3.63, 3.8) is 0 Å². The minimum Gasteiger partial charge on any atom is -0.451 e. The Kier molecular flexibility index (Phi) is 4.01. The van der Waals surface area contributed by atoms with Gasteiger partial charge in [-0.05, 0) is 25.0 Å². The van der Waals surface area contributed by atoms with Crippen LogP contribution in [0.1, 0.15) is 45.1 Å². The van der Waals surface area contributed by atoms with Crippen molar-refractivity contribution in [1.82, 2.24) is 29.5 Å². The van der Waals surface area contributed by atoms with Crippen molar-refractivity contribution < 1.29 is 14.0 Å². The molecule has 0 saturated heterocycles. The van der Waals surface area contributed by atoms with Crippen LogP contribution in [0, 0.1) is 0 Å². The van der Waals surface area contributed by atoms with E-state index in [-0.39, 0.29) is 11.8 Å². The van der Waals surface area contributed by atoms with Crippen LogP contribution in [0.5, 0.6) is 0 Å². The zero-order chi connectivity index (χ0) is 21.9. The third-order valence-corrected chi connectivity index (χ3v) is 6.73. The standard InChI is InChI=1S/C23H22N6O3/c1-27(23(6-7-23)20-13-32-14-24-20)21(30)16-11-25-29-9-8-28(12-19(16)29)22(31)18-10-15-4-2-3-5-17(15)26-18/h2-5,10-11,13-14,26H,6-9,12H2,1H3. The maximum Gasteiger partial charge on any atom is 0.270 e. The first-order chi connectivity index (χ1) is 15.6. The Balaban J connectivity index is 1.26. The average molecular weight is 430 g/mol. The molecular formula is C23H22N6O3. The molecule has 9 heteroatoms. The highest BCUT2D eigenvalue weighted by Crippen LogP contribution is 2.50. The summed E-state index contributed by atoms with van der Waals surface area (Å²) in [6.07, 6.45) is 6.30. The number of aromatic nitrogens is 4. The first-order valence-electron chi connectivity index (χ1n) is 10.7. The normalized spacial score (nSPS) is 16.7. The quantitative estimate of drug-likeness (QED) is 0.537. The molecule has 0 spiro atoms. The van der Waals surface area contributed by atoms with E-state index in [0.29, 0.717) is 30.9 Å². The van der Waals surface area contributed by atoms with Crippen molar-refractivity contribution in [2.45, 2.75) is 31.5 Å². The molecule has 1 aliphatic heterocycles. The number of aromatic amines is 1. The van der Waals surface area contributed by atoms with Gasteiger partial charge in [-0.3, -0.25) is 14.3 Å². The highest BCUT2D eigenvalue weighted by molar-refractivity contribution is 5.99. The van der Waals surface area contributed by atoms with Gasteiger partial charge in [0.2, 0.25) is 0 Å². The lowest BCUT2D eigenvalue weighted by atomic mass is 10.1. The van der Waals surface area contributed by atoms with Gasteiger partial charge in [0.15, 0.2) is 6.39 Å². The van der Waals surface area contributed by atoms with Gasteiger partial charge >= 0.3 is 0 Å². The number of benzene rings is 1. The second kappa shape index (κ2) is 6.81. The van der Waals surface area contributed by atoms with E-state index in [4.69, 9.17) is 4.42 Å². The van der Waals surface area contributed by atoms with Crippen molar-refractivity contribution >= 4 is 22.7 Å². The predicted molar refractivity (Wildman–Crippen MR) is 115 cm³/mol. The van der Waals surface area contributed by atoms with E-state index < -0.39 is 5.54 Å². The van der Waals surface area contributed by atoms with Gasteiger partial charge in [-0.25, -0.2) is 4.98 Å². The van der Waals surface area contributed by atoms with E-state index >= 15 is 0 Å². The van der Waals surface area contributed by atoms with Gasteiger partial charge in [0, 0.05) is 24.5 Å². The summed E-state index contributed by atoms with van der Waals surface area (Å²) in [6, 6.07) is 9.68. The van der Waals surface area contributed by atoms with Gasteiger partial charge < -0.3 is 19.2 Å². The number of fused-ring (bicyclic) bond motifs is 2. The van der Waals surface area contributed by atoms with Crippen LogP contribution in [0.4, 0.5) is 0 Å². The maximum atomic E-state index is 13.4. The highest BCUT2D eigenvalue weighted by Gasteiger charge is 2.52. The summed E-state index contributed by atoms with van der Waals surface area (Å²) in [7, 11) is 1.80. The number of carbonyl (C=O) groups excluding carboxylic acids is 2. The van der Waals surface area contributed by atoms with Crippen LogP contribution in [0.25, 0.3) is 10.9 Å². The molecule has 2 amide bonds. The average Bonchev–Trinajstić information content (AvgIpc) is 3.20. The minimum absolute atomic E-state index is 0.0818. The Morgan fingerprint density at radius 1 is 1.22 bits per heavy atom. The first-order valence-corrected chi connectivity index (χ1v) is 10.7. The molecule has 0 bridgehead atoms. The number of H-pyrrole nitrogens is 1. The van der Waals surface area contributed by atoms with Crippen molar-refractivity contribution in [3.8, 4) is 0 Å². The number of rotatable bonds is 4. The fraction of sp³-hybridized carbons (Fsp3) is 0.304. The monoisotopic (exact) mass is 430 g/mol. The molecular weight excluding hydrogens is 408 g/mol. The number of amides is 2. The van der Waals surface area contributed by atoms with Gasteiger partial charge in [0.1, 0.15) is 17.7 Å². The van der Waals surface area contributed by atoms with Gasteiger partial charge in [-0.1, -0.05) is 18.2 Å². The molecule has 1 N–H and O–H groups in total.